The highest BCUT2D eigenvalue weighted by Crippen LogP contribution is 2.61. The summed E-state index contributed by atoms with van der Waals surface area (Å²) in [5.41, 5.74) is -0.313. The summed E-state index contributed by atoms with van der Waals surface area (Å²) in [6.45, 7) is 4.31. The second-order valence-corrected chi connectivity index (χ2v) is 12.8. The fourth-order valence-electron chi connectivity index (χ4n) is 6.20. The number of carbonyl (C=O) groups is 3. The summed E-state index contributed by atoms with van der Waals surface area (Å²) >= 11 is 14.0. The van der Waals surface area contributed by atoms with E-state index in [0.29, 0.717) is 46.7 Å². The molecular weight excluding hydrogens is 595 g/mol. The Morgan fingerprint density at radius 2 is 1.74 bits per heavy atom. The molecule has 3 aliphatic heterocycles. The normalized spacial score (nSPS) is 23.7. The summed E-state index contributed by atoms with van der Waals surface area (Å²) in [5, 5.41) is 6.90. The van der Waals surface area contributed by atoms with E-state index in [-0.39, 0.29) is 18.2 Å². The Morgan fingerprint density at radius 3 is 2.50 bits per heavy atom. The van der Waals surface area contributed by atoms with Crippen molar-refractivity contribution < 1.29 is 19.1 Å². The number of anilines is 2. The molecule has 2 saturated heterocycles. The molecule has 2 unspecified atom stereocenters. The first-order chi connectivity index (χ1) is 20.3. The first kappa shape index (κ1) is 29.0. The average molecular weight is 626 g/mol. The van der Waals surface area contributed by atoms with Gasteiger partial charge in [0.25, 0.3) is 5.91 Å². The Kier molecular flexibility index (Phi) is 8.22. The van der Waals surface area contributed by atoms with Crippen LogP contribution in [0.25, 0.3) is 0 Å². The Bertz CT molecular complexity index is 1520. The van der Waals surface area contributed by atoms with Gasteiger partial charge in [-0.25, -0.2) is 0 Å². The van der Waals surface area contributed by atoms with Gasteiger partial charge in [-0.3, -0.25) is 24.2 Å². The van der Waals surface area contributed by atoms with E-state index < -0.39 is 16.2 Å². The number of halogens is 2. The number of amides is 3. The minimum atomic E-state index is -1.72. The van der Waals surface area contributed by atoms with Crippen molar-refractivity contribution in [2.45, 2.75) is 28.0 Å². The van der Waals surface area contributed by atoms with Gasteiger partial charge in [0.05, 0.1) is 19.6 Å². The number of nitrogens with one attached hydrogen (secondary N) is 2. The molecule has 3 aromatic carbocycles. The van der Waals surface area contributed by atoms with E-state index >= 15 is 0 Å². The molecule has 3 aliphatic rings. The third-order valence-electron chi connectivity index (χ3n) is 8.03. The molecule has 218 valence electrons. The summed E-state index contributed by atoms with van der Waals surface area (Å²) in [5.74, 6) is -1.21. The van der Waals surface area contributed by atoms with Gasteiger partial charge < -0.3 is 15.4 Å². The van der Waals surface area contributed by atoms with Crippen molar-refractivity contribution in [2.75, 3.05) is 49.6 Å². The van der Waals surface area contributed by atoms with E-state index in [4.69, 9.17) is 27.9 Å². The monoisotopic (exact) mass is 624 g/mol. The number of rotatable bonds is 8. The van der Waals surface area contributed by atoms with Gasteiger partial charge in [-0.1, -0.05) is 53.5 Å². The van der Waals surface area contributed by atoms with Gasteiger partial charge >= 0.3 is 0 Å². The number of fused-ring (bicyclic) bond motifs is 2. The second-order valence-electron chi connectivity index (χ2n) is 10.5. The molecule has 8 nitrogen and oxygen atoms in total. The van der Waals surface area contributed by atoms with Crippen LogP contribution in [0.4, 0.5) is 11.4 Å². The van der Waals surface area contributed by atoms with E-state index in [0.717, 1.165) is 31.0 Å². The van der Waals surface area contributed by atoms with E-state index in [9.17, 15) is 14.4 Å². The van der Waals surface area contributed by atoms with Gasteiger partial charge in [0.15, 0.2) is 5.54 Å². The van der Waals surface area contributed by atoms with Crippen molar-refractivity contribution in [2.24, 2.45) is 0 Å². The van der Waals surface area contributed by atoms with E-state index in [1.807, 2.05) is 30.3 Å². The fraction of sp³-hybridized carbons (Fsp3) is 0.323. The highest BCUT2D eigenvalue weighted by atomic mass is 35.5. The molecule has 0 radical (unpaired) electrons. The van der Waals surface area contributed by atoms with Crippen molar-refractivity contribution in [1.82, 2.24) is 10.2 Å². The van der Waals surface area contributed by atoms with Crippen LogP contribution in [0.5, 0.6) is 0 Å². The van der Waals surface area contributed by atoms with Crippen LogP contribution in [-0.2, 0) is 24.7 Å². The van der Waals surface area contributed by atoms with Crippen LogP contribution in [0.2, 0.25) is 10.0 Å². The number of thioether (sulfide) groups is 1. The first-order valence-corrected chi connectivity index (χ1v) is 15.4. The molecule has 11 heteroatoms. The van der Waals surface area contributed by atoms with Gasteiger partial charge in [-0.2, -0.15) is 0 Å². The maximum Gasteiger partial charge on any atom is 0.257 e. The molecule has 6 rings (SSSR count). The topological polar surface area (TPSA) is 91.0 Å². The Morgan fingerprint density at radius 1 is 0.976 bits per heavy atom. The fourth-order valence-corrected chi connectivity index (χ4v) is 8.05. The van der Waals surface area contributed by atoms with Crippen LogP contribution in [-0.4, -0.2) is 66.8 Å². The molecule has 0 aliphatic carbocycles. The van der Waals surface area contributed by atoms with Gasteiger partial charge in [-0.15, -0.1) is 11.8 Å². The lowest BCUT2D eigenvalue weighted by atomic mass is 9.77. The number of hydrogen-bond donors (Lipinski definition) is 2. The predicted octanol–water partition coefficient (Wildman–Crippen LogP) is 4.95. The maximum absolute atomic E-state index is 14.6. The second kappa shape index (κ2) is 11.9. The largest absolute Gasteiger partial charge is 0.379 e. The first-order valence-electron chi connectivity index (χ1n) is 13.9. The summed E-state index contributed by atoms with van der Waals surface area (Å²) in [6, 6.07) is 21.3. The number of nitrogens with zero attached hydrogens (tertiary/aromatic N) is 2. The third-order valence-corrected chi connectivity index (χ3v) is 9.98. The van der Waals surface area contributed by atoms with Gasteiger partial charge in [-0.05, 0) is 55.4 Å². The molecule has 2 atom stereocenters. The highest BCUT2D eigenvalue weighted by molar-refractivity contribution is 8.01. The standard InChI is InChI=1S/C31H30Cl2N4O4S/c32-21-6-4-7-23(18-21)37-27(38)20-30(42-24-8-2-1-3-9-24,28(39)34-12-5-13-36-14-16-41-17-15-36)31(37)25-11-10-22(33)19-26(25)35-29(31)40/h1-4,6-11,18-19H,5,12-17,20H2,(H,34,39)(H,35,40). The lowest BCUT2D eigenvalue weighted by Gasteiger charge is -2.43. The lowest BCUT2D eigenvalue weighted by Crippen LogP contribution is -2.64. The zero-order valence-corrected chi connectivity index (χ0v) is 25.1. The molecule has 0 bridgehead atoms. The lowest BCUT2D eigenvalue weighted by molar-refractivity contribution is -0.130. The van der Waals surface area contributed by atoms with Crippen LogP contribution in [0.1, 0.15) is 18.4 Å². The van der Waals surface area contributed by atoms with Crippen molar-refractivity contribution in [3.63, 3.8) is 0 Å². The molecule has 42 heavy (non-hydrogen) atoms. The predicted molar refractivity (Wildman–Crippen MR) is 165 cm³/mol. The van der Waals surface area contributed by atoms with Crippen LogP contribution >= 0.6 is 35.0 Å². The number of morpholine rings is 1. The third kappa shape index (κ3) is 4.97. The molecule has 3 aromatic rings. The minimum absolute atomic E-state index is 0.205. The summed E-state index contributed by atoms with van der Waals surface area (Å²) in [4.78, 5) is 47.8. The molecule has 0 aromatic heterocycles. The van der Waals surface area contributed by atoms with Crippen molar-refractivity contribution in [3.05, 3.63) is 88.4 Å². The number of ether oxygens (including phenoxy) is 1. The van der Waals surface area contributed by atoms with E-state index in [1.54, 1.807) is 42.5 Å². The Labute approximate surface area is 258 Å². The Hall–Kier alpha value is -3.08. The van der Waals surface area contributed by atoms with Gasteiger partial charge in [0.1, 0.15) is 4.75 Å². The zero-order chi connectivity index (χ0) is 29.3. The minimum Gasteiger partial charge on any atom is -0.379 e. The van der Waals surface area contributed by atoms with Crippen LogP contribution in [0.3, 0.4) is 0 Å². The summed E-state index contributed by atoms with van der Waals surface area (Å²) in [6.07, 6.45) is 0.513. The van der Waals surface area contributed by atoms with Crippen molar-refractivity contribution in [3.8, 4) is 0 Å². The number of carbonyl (C=O) groups excluding carboxylic acids is 3. The van der Waals surface area contributed by atoms with Crippen LogP contribution in [0, 0.1) is 0 Å². The Balaban J connectivity index is 1.46. The zero-order valence-electron chi connectivity index (χ0n) is 22.8. The highest BCUT2D eigenvalue weighted by Gasteiger charge is 2.74. The van der Waals surface area contributed by atoms with Crippen molar-refractivity contribution >= 4 is 64.1 Å². The summed E-state index contributed by atoms with van der Waals surface area (Å²) < 4.78 is 3.88. The smallest absolute Gasteiger partial charge is 0.257 e. The number of hydrogen-bond acceptors (Lipinski definition) is 6. The van der Waals surface area contributed by atoms with Crippen LogP contribution in [0.15, 0.2) is 77.7 Å². The van der Waals surface area contributed by atoms with Gasteiger partial charge in [0.2, 0.25) is 11.8 Å². The summed E-state index contributed by atoms with van der Waals surface area (Å²) in [7, 11) is 0. The molecule has 0 saturated carbocycles. The average Bonchev–Trinajstić information content (AvgIpc) is 3.42. The van der Waals surface area contributed by atoms with Crippen LogP contribution < -0.4 is 15.5 Å². The molecule has 2 N–H and O–H groups in total. The maximum atomic E-state index is 14.6. The van der Waals surface area contributed by atoms with E-state index in [1.165, 1.54) is 16.7 Å². The molecule has 3 heterocycles. The SMILES string of the molecule is O=C1CC(Sc2ccccc2)(C(=O)NCCCN2CCOCC2)C2(C(=O)Nc3cc(Cl)ccc32)N1c1cccc(Cl)c1. The van der Waals surface area contributed by atoms with Gasteiger partial charge in [0, 0.05) is 51.5 Å². The quantitative estimate of drug-likeness (QED) is 0.345. The molecule has 2 fully saturated rings. The van der Waals surface area contributed by atoms with E-state index in [2.05, 4.69) is 15.5 Å². The molecule has 1 spiro atoms. The number of benzene rings is 3. The molecule has 3 amide bonds. The molecular formula is C31H30Cl2N4O4S. The van der Waals surface area contributed by atoms with Crippen molar-refractivity contribution in [1.29, 1.82) is 0 Å².